The van der Waals surface area contributed by atoms with Gasteiger partial charge in [0.2, 0.25) is 5.91 Å². The first-order valence-corrected chi connectivity index (χ1v) is 6.09. The lowest BCUT2D eigenvalue weighted by Gasteiger charge is -2.26. The molecule has 1 aromatic rings. The topological polar surface area (TPSA) is 64.2 Å². The summed E-state index contributed by atoms with van der Waals surface area (Å²) < 4.78 is 1.83. The number of nitrogens with zero attached hydrogens (tertiary/aromatic N) is 3. The summed E-state index contributed by atoms with van der Waals surface area (Å²) in [5, 5.41) is 4.24. The summed E-state index contributed by atoms with van der Waals surface area (Å²) in [6.07, 6.45) is 3.23. The molecule has 2 atom stereocenters. The molecule has 2 N–H and O–H groups in total. The molecule has 94 valence electrons. The van der Waals surface area contributed by atoms with Crippen molar-refractivity contribution in [2.24, 2.45) is 12.8 Å². The summed E-state index contributed by atoms with van der Waals surface area (Å²) in [4.78, 5) is 13.8. The molecule has 17 heavy (non-hydrogen) atoms. The van der Waals surface area contributed by atoms with Gasteiger partial charge in [-0.25, -0.2) is 0 Å². The minimum absolute atomic E-state index is 0.00356. The first-order valence-electron chi connectivity index (χ1n) is 6.09. The number of likely N-dealkylation sites (tertiary alicyclic amines) is 1. The molecule has 0 saturated carbocycles. The molecule has 0 bridgehead atoms. The van der Waals surface area contributed by atoms with Gasteiger partial charge in [0.15, 0.2) is 0 Å². The molecule has 1 aromatic heterocycles. The summed E-state index contributed by atoms with van der Waals surface area (Å²) in [6.45, 7) is 4.86. The Bertz CT molecular complexity index is 426. The maximum absolute atomic E-state index is 11.9. The summed E-state index contributed by atoms with van der Waals surface area (Å²) in [6, 6.07) is -0.118. The Kier molecular flexibility index (Phi) is 3.19. The maximum Gasteiger partial charge on any atom is 0.224 e. The molecule has 1 aliphatic rings. The van der Waals surface area contributed by atoms with Crippen LogP contribution in [0.2, 0.25) is 0 Å². The molecule has 1 aliphatic heterocycles. The van der Waals surface area contributed by atoms with E-state index < -0.39 is 0 Å². The molecule has 1 fully saturated rings. The molecule has 0 aromatic carbocycles. The standard InChI is InChI=1S/C12H20N4O/c1-4-5-16-11(17)6-10(13)12(16)9-7-14-15(3)8(9)2/h7,10,12H,4-6,13H2,1-3H3. The van der Waals surface area contributed by atoms with Crippen molar-refractivity contribution >= 4 is 5.91 Å². The Morgan fingerprint density at radius 2 is 2.29 bits per heavy atom. The summed E-state index contributed by atoms with van der Waals surface area (Å²) in [7, 11) is 1.91. The van der Waals surface area contributed by atoms with E-state index in [1.165, 1.54) is 0 Å². The predicted octanol–water partition coefficient (Wildman–Crippen LogP) is 0.739. The van der Waals surface area contributed by atoms with Crippen molar-refractivity contribution in [2.45, 2.75) is 38.8 Å². The molecule has 5 heteroatoms. The molecule has 5 nitrogen and oxygen atoms in total. The molecule has 0 radical (unpaired) electrons. The lowest BCUT2D eigenvalue weighted by molar-refractivity contribution is -0.129. The third-order valence-electron chi connectivity index (χ3n) is 3.53. The second-order valence-electron chi connectivity index (χ2n) is 4.71. The molecule has 2 heterocycles. The maximum atomic E-state index is 11.9. The number of rotatable bonds is 3. The fraction of sp³-hybridized carbons (Fsp3) is 0.667. The molecule has 2 unspecified atom stereocenters. The van der Waals surface area contributed by atoms with Crippen molar-refractivity contribution < 1.29 is 4.79 Å². The number of hydrogen-bond acceptors (Lipinski definition) is 3. The highest BCUT2D eigenvalue weighted by molar-refractivity contribution is 5.80. The summed E-state index contributed by atoms with van der Waals surface area (Å²) >= 11 is 0. The zero-order valence-corrected chi connectivity index (χ0v) is 10.7. The molecular formula is C12H20N4O. The first kappa shape index (κ1) is 12.1. The van der Waals surface area contributed by atoms with E-state index in [4.69, 9.17) is 5.73 Å². The van der Waals surface area contributed by atoms with Crippen molar-refractivity contribution in [3.8, 4) is 0 Å². The Balaban J connectivity index is 2.34. The number of aryl methyl sites for hydroxylation is 1. The van der Waals surface area contributed by atoms with Crippen LogP contribution in [0.25, 0.3) is 0 Å². The van der Waals surface area contributed by atoms with Gasteiger partial charge in [-0.05, 0) is 13.3 Å². The van der Waals surface area contributed by atoms with E-state index in [-0.39, 0.29) is 18.0 Å². The van der Waals surface area contributed by atoms with E-state index in [2.05, 4.69) is 12.0 Å². The highest BCUT2D eigenvalue weighted by Gasteiger charge is 2.39. The molecule has 2 rings (SSSR count). The van der Waals surface area contributed by atoms with Crippen LogP contribution in [0.5, 0.6) is 0 Å². The molecule has 0 aliphatic carbocycles. The van der Waals surface area contributed by atoms with Gasteiger partial charge in [-0.15, -0.1) is 0 Å². The lowest BCUT2D eigenvalue weighted by atomic mass is 10.0. The molecule has 1 amide bonds. The Hall–Kier alpha value is -1.36. The third-order valence-corrected chi connectivity index (χ3v) is 3.53. The summed E-state index contributed by atoms with van der Waals surface area (Å²) in [5.74, 6) is 0.160. The van der Waals surface area contributed by atoms with Gasteiger partial charge in [-0.3, -0.25) is 9.48 Å². The number of aromatic nitrogens is 2. The highest BCUT2D eigenvalue weighted by atomic mass is 16.2. The smallest absolute Gasteiger partial charge is 0.224 e. The monoisotopic (exact) mass is 236 g/mol. The fourth-order valence-electron chi connectivity index (χ4n) is 2.53. The normalized spacial score (nSPS) is 24.7. The van der Waals surface area contributed by atoms with Crippen LogP contribution in [-0.4, -0.2) is 33.2 Å². The van der Waals surface area contributed by atoms with Crippen molar-refractivity contribution in [1.29, 1.82) is 0 Å². The number of hydrogen-bond donors (Lipinski definition) is 1. The van der Waals surface area contributed by atoms with Crippen molar-refractivity contribution in [3.63, 3.8) is 0 Å². The van der Waals surface area contributed by atoms with Crippen LogP contribution in [0, 0.1) is 6.92 Å². The van der Waals surface area contributed by atoms with Crippen LogP contribution >= 0.6 is 0 Å². The van der Waals surface area contributed by atoms with E-state index >= 15 is 0 Å². The van der Waals surface area contributed by atoms with Crippen molar-refractivity contribution in [2.75, 3.05) is 6.54 Å². The largest absolute Gasteiger partial charge is 0.334 e. The second kappa shape index (κ2) is 4.49. The number of amides is 1. The zero-order chi connectivity index (χ0) is 12.6. The average Bonchev–Trinajstić information content (AvgIpc) is 2.72. The number of nitrogens with two attached hydrogens (primary N) is 1. The van der Waals surface area contributed by atoms with Gasteiger partial charge in [-0.1, -0.05) is 6.92 Å². The van der Waals surface area contributed by atoms with Gasteiger partial charge in [0, 0.05) is 37.3 Å². The van der Waals surface area contributed by atoms with E-state index in [0.717, 1.165) is 24.2 Å². The van der Waals surface area contributed by atoms with Crippen LogP contribution < -0.4 is 5.73 Å². The third kappa shape index (κ3) is 1.95. The van der Waals surface area contributed by atoms with Gasteiger partial charge in [0.25, 0.3) is 0 Å². The van der Waals surface area contributed by atoms with Crippen LogP contribution in [0.1, 0.15) is 37.1 Å². The van der Waals surface area contributed by atoms with Crippen LogP contribution in [-0.2, 0) is 11.8 Å². The minimum atomic E-state index is -0.114. The molecular weight excluding hydrogens is 216 g/mol. The highest BCUT2D eigenvalue weighted by Crippen LogP contribution is 2.33. The fourth-order valence-corrected chi connectivity index (χ4v) is 2.53. The Morgan fingerprint density at radius 3 is 2.82 bits per heavy atom. The van der Waals surface area contributed by atoms with Gasteiger partial charge in [-0.2, -0.15) is 5.10 Å². The Labute approximate surface area is 102 Å². The van der Waals surface area contributed by atoms with E-state index in [0.29, 0.717) is 6.42 Å². The van der Waals surface area contributed by atoms with Crippen LogP contribution in [0.4, 0.5) is 0 Å². The molecule has 0 spiro atoms. The van der Waals surface area contributed by atoms with Crippen molar-refractivity contribution in [3.05, 3.63) is 17.5 Å². The van der Waals surface area contributed by atoms with Gasteiger partial charge in [0.05, 0.1) is 12.2 Å². The van der Waals surface area contributed by atoms with Gasteiger partial charge >= 0.3 is 0 Å². The average molecular weight is 236 g/mol. The van der Waals surface area contributed by atoms with Gasteiger partial charge in [0.1, 0.15) is 0 Å². The second-order valence-corrected chi connectivity index (χ2v) is 4.71. The van der Waals surface area contributed by atoms with Crippen LogP contribution in [0.15, 0.2) is 6.20 Å². The van der Waals surface area contributed by atoms with E-state index in [1.54, 1.807) is 0 Å². The quantitative estimate of drug-likeness (QED) is 0.842. The summed E-state index contributed by atoms with van der Waals surface area (Å²) in [5.41, 5.74) is 8.27. The minimum Gasteiger partial charge on any atom is -0.334 e. The number of carbonyl (C=O) groups excluding carboxylic acids is 1. The van der Waals surface area contributed by atoms with E-state index in [1.807, 2.05) is 29.7 Å². The SMILES string of the molecule is CCCN1C(=O)CC(N)C1c1cnn(C)c1C. The zero-order valence-electron chi connectivity index (χ0n) is 10.7. The number of carbonyl (C=O) groups is 1. The Morgan fingerprint density at radius 1 is 1.59 bits per heavy atom. The van der Waals surface area contributed by atoms with Gasteiger partial charge < -0.3 is 10.6 Å². The van der Waals surface area contributed by atoms with E-state index in [9.17, 15) is 4.79 Å². The lowest BCUT2D eigenvalue weighted by Crippen LogP contribution is -2.33. The molecule has 1 saturated heterocycles. The van der Waals surface area contributed by atoms with Crippen molar-refractivity contribution in [1.82, 2.24) is 14.7 Å². The predicted molar refractivity (Wildman–Crippen MR) is 65.3 cm³/mol. The first-order chi connectivity index (χ1) is 8.06. The van der Waals surface area contributed by atoms with Crippen LogP contribution in [0.3, 0.4) is 0 Å².